The molecule has 0 radical (unpaired) electrons. The molecule has 0 fully saturated rings. The second-order valence-electron chi connectivity index (χ2n) is 14.0. The highest BCUT2D eigenvalue weighted by Gasteiger charge is 2.22. The van der Waals surface area contributed by atoms with Gasteiger partial charge in [-0.2, -0.15) is 0 Å². The molecule has 272 valence electrons. The lowest BCUT2D eigenvalue weighted by Crippen LogP contribution is -2.48. The molecule has 0 aliphatic heterocycles. The summed E-state index contributed by atoms with van der Waals surface area (Å²) in [5.74, 6) is -0.693. The summed E-state index contributed by atoms with van der Waals surface area (Å²) in [7, 11) is 0. The lowest BCUT2D eigenvalue weighted by Gasteiger charge is -2.18. The fourth-order valence-electron chi connectivity index (χ4n) is 6.28. The summed E-state index contributed by atoms with van der Waals surface area (Å²) in [6, 6.07) is -0.661. The van der Waals surface area contributed by atoms with Crippen LogP contribution < -0.4 is 16.4 Å². The number of rotatable bonds is 36. The zero-order chi connectivity index (χ0) is 33.8. The Kier molecular flexibility index (Phi) is 35.3. The molecule has 3 amide bonds. The van der Waals surface area contributed by atoms with Gasteiger partial charge in [0.05, 0.1) is 0 Å². The van der Waals surface area contributed by atoms with Crippen molar-refractivity contribution < 1.29 is 14.4 Å². The zero-order valence-electron chi connectivity index (χ0n) is 30.9. The average Bonchev–Trinajstić information content (AvgIpc) is 3.04. The Morgan fingerprint density at radius 1 is 0.435 bits per heavy atom. The molecule has 0 unspecified atom stereocenters. The topological polar surface area (TPSA) is 101 Å². The van der Waals surface area contributed by atoms with Gasteiger partial charge in [-0.25, -0.2) is 0 Å². The SMILES string of the molecule is CCCCCCCCCCCCCCCCCC(=O)N[C@@H](CCCCN)C(=O)NC(=O)CCCCCCCCCCCCCCC. The van der Waals surface area contributed by atoms with E-state index in [1.54, 1.807) is 0 Å². The monoisotopic (exact) mass is 650 g/mol. The number of carbonyl (C=O) groups is 3. The van der Waals surface area contributed by atoms with Gasteiger partial charge in [-0.15, -0.1) is 0 Å². The second-order valence-corrected chi connectivity index (χ2v) is 14.0. The van der Waals surface area contributed by atoms with E-state index < -0.39 is 6.04 Å². The first-order valence-electron chi connectivity index (χ1n) is 20.4. The van der Waals surface area contributed by atoms with Crippen molar-refractivity contribution in [1.29, 1.82) is 0 Å². The van der Waals surface area contributed by atoms with Crippen LogP contribution in [0, 0.1) is 0 Å². The minimum Gasteiger partial charge on any atom is -0.344 e. The molecule has 0 aliphatic carbocycles. The Balaban J connectivity index is 3.93. The van der Waals surface area contributed by atoms with E-state index in [1.165, 1.54) is 148 Å². The Morgan fingerprint density at radius 2 is 0.761 bits per heavy atom. The number of hydrogen-bond acceptors (Lipinski definition) is 4. The molecule has 0 aromatic rings. The summed E-state index contributed by atoms with van der Waals surface area (Å²) in [6.07, 6.45) is 38.6. The summed E-state index contributed by atoms with van der Waals surface area (Å²) >= 11 is 0. The zero-order valence-corrected chi connectivity index (χ0v) is 30.9. The number of nitrogens with two attached hydrogens (primary N) is 1. The first kappa shape index (κ1) is 44.6. The van der Waals surface area contributed by atoms with E-state index >= 15 is 0 Å². The minimum atomic E-state index is -0.661. The van der Waals surface area contributed by atoms with Crippen LogP contribution in [0.5, 0.6) is 0 Å². The average molecular weight is 650 g/mol. The smallest absolute Gasteiger partial charge is 0.249 e. The van der Waals surface area contributed by atoms with Gasteiger partial charge in [0.2, 0.25) is 17.7 Å². The van der Waals surface area contributed by atoms with E-state index in [1.807, 2.05) is 0 Å². The minimum absolute atomic E-state index is 0.0912. The number of imide groups is 1. The van der Waals surface area contributed by atoms with Crippen molar-refractivity contribution in [2.75, 3.05) is 6.54 Å². The third-order valence-electron chi connectivity index (χ3n) is 9.38. The van der Waals surface area contributed by atoms with Crippen LogP contribution in [-0.4, -0.2) is 30.3 Å². The third-order valence-corrected chi connectivity index (χ3v) is 9.38. The van der Waals surface area contributed by atoms with Gasteiger partial charge in [0.15, 0.2) is 0 Å². The maximum atomic E-state index is 12.9. The molecular weight excluding hydrogens is 570 g/mol. The van der Waals surface area contributed by atoms with Gasteiger partial charge in [-0.1, -0.05) is 181 Å². The lowest BCUT2D eigenvalue weighted by molar-refractivity contribution is -0.134. The largest absolute Gasteiger partial charge is 0.344 e. The van der Waals surface area contributed by atoms with E-state index in [-0.39, 0.29) is 17.7 Å². The fraction of sp³-hybridized carbons (Fsp3) is 0.925. The van der Waals surface area contributed by atoms with Gasteiger partial charge in [0.25, 0.3) is 0 Å². The molecule has 0 bridgehead atoms. The van der Waals surface area contributed by atoms with Crippen LogP contribution in [-0.2, 0) is 14.4 Å². The standard InChI is InChI=1S/C40H79N3O3/c1-3-5-7-9-11-13-15-17-18-20-22-23-25-27-29-34-38(44)42-37(33-31-32-36-41)40(46)43-39(45)35-30-28-26-24-21-19-16-14-12-10-8-6-4-2/h37H,3-36,41H2,1-2H3,(H,42,44)(H,43,45,46)/t37-/m0/s1. The first-order valence-corrected chi connectivity index (χ1v) is 20.4. The number of amides is 3. The Labute approximate surface area is 286 Å². The summed E-state index contributed by atoms with van der Waals surface area (Å²) in [4.78, 5) is 37.9. The summed E-state index contributed by atoms with van der Waals surface area (Å²) in [5, 5.41) is 5.46. The normalized spacial score (nSPS) is 11.9. The van der Waals surface area contributed by atoms with Gasteiger partial charge in [0.1, 0.15) is 6.04 Å². The number of carbonyl (C=O) groups excluding carboxylic acids is 3. The maximum absolute atomic E-state index is 12.9. The van der Waals surface area contributed by atoms with E-state index in [0.29, 0.717) is 25.8 Å². The van der Waals surface area contributed by atoms with Gasteiger partial charge < -0.3 is 11.1 Å². The number of hydrogen-bond donors (Lipinski definition) is 3. The summed E-state index contributed by atoms with van der Waals surface area (Å²) < 4.78 is 0. The van der Waals surface area contributed by atoms with Crippen LogP contribution in [0.4, 0.5) is 0 Å². The molecule has 0 rings (SSSR count). The number of unbranched alkanes of at least 4 members (excludes halogenated alkanes) is 27. The maximum Gasteiger partial charge on any atom is 0.249 e. The Bertz CT molecular complexity index is 685. The van der Waals surface area contributed by atoms with Crippen molar-refractivity contribution in [2.24, 2.45) is 5.73 Å². The van der Waals surface area contributed by atoms with Gasteiger partial charge in [0, 0.05) is 12.8 Å². The predicted octanol–water partition coefficient (Wildman–Crippen LogP) is 11.0. The molecule has 6 nitrogen and oxygen atoms in total. The molecule has 46 heavy (non-hydrogen) atoms. The quantitative estimate of drug-likeness (QED) is 0.0588. The van der Waals surface area contributed by atoms with E-state index in [9.17, 15) is 14.4 Å². The molecule has 6 heteroatoms. The van der Waals surface area contributed by atoms with Crippen LogP contribution in [0.2, 0.25) is 0 Å². The van der Waals surface area contributed by atoms with Crippen LogP contribution in [0.1, 0.15) is 226 Å². The molecule has 0 aliphatic rings. The first-order chi connectivity index (χ1) is 22.5. The molecule has 0 heterocycles. The van der Waals surface area contributed by atoms with Crippen LogP contribution >= 0.6 is 0 Å². The molecule has 0 aromatic heterocycles. The predicted molar refractivity (Wildman–Crippen MR) is 198 cm³/mol. The van der Waals surface area contributed by atoms with Crippen molar-refractivity contribution in [3.8, 4) is 0 Å². The van der Waals surface area contributed by atoms with E-state index in [0.717, 1.165) is 44.9 Å². The van der Waals surface area contributed by atoms with Crippen molar-refractivity contribution in [2.45, 2.75) is 232 Å². The number of nitrogens with one attached hydrogen (secondary N) is 2. The van der Waals surface area contributed by atoms with Gasteiger partial charge in [-0.05, 0) is 38.6 Å². The van der Waals surface area contributed by atoms with Crippen molar-refractivity contribution in [3.63, 3.8) is 0 Å². The molecular formula is C40H79N3O3. The van der Waals surface area contributed by atoms with Crippen molar-refractivity contribution in [3.05, 3.63) is 0 Å². The highest BCUT2D eigenvalue weighted by atomic mass is 16.2. The van der Waals surface area contributed by atoms with Gasteiger partial charge >= 0.3 is 0 Å². The lowest BCUT2D eigenvalue weighted by atomic mass is 10.0. The molecule has 0 aromatic carbocycles. The molecule has 0 saturated heterocycles. The van der Waals surface area contributed by atoms with Crippen LogP contribution in [0.25, 0.3) is 0 Å². The van der Waals surface area contributed by atoms with Gasteiger partial charge in [-0.3, -0.25) is 19.7 Å². The Hall–Kier alpha value is -1.43. The Morgan fingerprint density at radius 3 is 1.11 bits per heavy atom. The summed E-state index contributed by atoms with van der Waals surface area (Å²) in [5.41, 5.74) is 5.64. The summed E-state index contributed by atoms with van der Waals surface area (Å²) in [6.45, 7) is 5.09. The molecule has 4 N–H and O–H groups in total. The third kappa shape index (κ3) is 32.5. The van der Waals surface area contributed by atoms with E-state index in [2.05, 4.69) is 24.5 Å². The highest BCUT2D eigenvalue weighted by Crippen LogP contribution is 2.15. The molecule has 1 atom stereocenters. The van der Waals surface area contributed by atoms with Crippen molar-refractivity contribution in [1.82, 2.24) is 10.6 Å². The second kappa shape index (κ2) is 36.4. The highest BCUT2D eigenvalue weighted by molar-refractivity contribution is 5.99. The van der Waals surface area contributed by atoms with Crippen LogP contribution in [0.15, 0.2) is 0 Å². The van der Waals surface area contributed by atoms with E-state index in [4.69, 9.17) is 5.73 Å². The molecule has 0 spiro atoms. The van der Waals surface area contributed by atoms with Crippen LogP contribution in [0.3, 0.4) is 0 Å². The molecule has 0 saturated carbocycles. The fourth-order valence-corrected chi connectivity index (χ4v) is 6.28. The van der Waals surface area contributed by atoms with Crippen molar-refractivity contribution >= 4 is 17.7 Å².